The van der Waals surface area contributed by atoms with Crippen molar-refractivity contribution in [2.45, 2.75) is 6.92 Å². The summed E-state index contributed by atoms with van der Waals surface area (Å²) in [6.07, 6.45) is 3.65. The van der Waals surface area contributed by atoms with E-state index in [1.165, 1.54) is 0 Å². The highest BCUT2D eigenvalue weighted by atomic mass is 16.5. The van der Waals surface area contributed by atoms with Crippen LogP contribution in [0.2, 0.25) is 0 Å². The van der Waals surface area contributed by atoms with Gasteiger partial charge in [-0.05, 0) is 30.7 Å². The van der Waals surface area contributed by atoms with Crippen molar-refractivity contribution in [3.05, 3.63) is 59.3 Å². The summed E-state index contributed by atoms with van der Waals surface area (Å²) in [5.41, 5.74) is 2.15. The van der Waals surface area contributed by atoms with Gasteiger partial charge in [0, 0.05) is 5.70 Å². The summed E-state index contributed by atoms with van der Waals surface area (Å²) >= 11 is 0. The molecule has 1 N–H and O–H groups in total. The van der Waals surface area contributed by atoms with Gasteiger partial charge in [-0.15, -0.1) is 0 Å². The van der Waals surface area contributed by atoms with Gasteiger partial charge in [-0.3, -0.25) is 10.3 Å². The minimum absolute atomic E-state index is 0.189. The van der Waals surface area contributed by atoms with Crippen molar-refractivity contribution in [1.29, 1.82) is 0 Å². The van der Waals surface area contributed by atoms with E-state index in [2.05, 4.69) is 0 Å². The number of ether oxygens (including phenoxy) is 1. The Morgan fingerprint density at radius 3 is 2.72 bits per heavy atom. The standard InChI is InChI=1S/C14H15NO3/c1-11-7-8-12(9-15(11)17)10-18-14(16)13-5-3-2-4-6-13/h2-8,17H,9-10H2,1H3. The molecule has 1 heterocycles. The third kappa shape index (κ3) is 2.99. The maximum Gasteiger partial charge on any atom is 0.338 e. The summed E-state index contributed by atoms with van der Waals surface area (Å²) in [6.45, 7) is 2.36. The molecule has 0 saturated heterocycles. The first-order valence-corrected chi connectivity index (χ1v) is 5.72. The first-order chi connectivity index (χ1) is 8.66. The van der Waals surface area contributed by atoms with Crippen molar-refractivity contribution >= 4 is 5.97 Å². The zero-order valence-electron chi connectivity index (χ0n) is 10.2. The lowest BCUT2D eigenvalue weighted by molar-refractivity contribution is -0.0496. The predicted octanol–water partition coefficient (Wildman–Crippen LogP) is 2.38. The Labute approximate surface area is 106 Å². The zero-order valence-corrected chi connectivity index (χ0v) is 10.2. The molecule has 4 heteroatoms. The molecule has 94 valence electrons. The van der Waals surface area contributed by atoms with E-state index in [1.54, 1.807) is 30.3 Å². The minimum atomic E-state index is -0.354. The molecule has 0 fully saturated rings. The molecule has 0 saturated carbocycles. The number of rotatable bonds is 3. The van der Waals surface area contributed by atoms with Crippen LogP contribution in [-0.2, 0) is 4.74 Å². The van der Waals surface area contributed by atoms with Crippen LogP contribution in [0.3, 0.4) is 0 Å². The van der Waals surface area contributed by atoms with Crippen LogP contribution in [0, 0.1) is 0 Å². The van der Waals surface area contributed by atoms with Gasteiger partial charge < -0.3 is 4.74 Å². The summed E-state index contributed by atoms with van der Waals surface area (Å²) in [5.74, 6) is -0.354. The van der Waals surface area contributed by atoms with E-state index in [1.807, 2.05) is 19.1 Å². The zero-order chi connectivity index (χ0) is 13.0. The second-order valence-electron chi connectivity index (χ2n) is 4.13. The SMILES string of the molecule is CC1=CC=C(COC(=O)c2ccccc2)CN1O. The second-order valence-corrected chi connectivity index (χ2v) is 4.13. The molecule has 0 radical (unpaired) electrons. The Morgan fingerprint density at radius 2 is 2.06 bits per heavy atom. The normalized spacial score (nSPS) is 14.9. The number of allylic oxidation sites excluding steroid dienone is 3. The third-order valence-electron chi connectivity index (χ3n) is 2.72. The van der Waals surface area contributed by atoms with Gasteiger partial charge in [0.25, 0.3) is 0 Å². The summed E-state index contributed by atoms with van der Waals surface area (Å²) in [7, 11) is 0. The number of carbonyl (C=O) groups is 1. The van der Waals surface area contributed by atoms with E-state index >= 15 is 0 Å². The molecule has 0 atom stereocenters. The molecular weight excluding hydrogens is 230 g/mol. The summed E-state index contributed by atoms with van der Waals surface area (Å²) in [4.78, 5) is 11.7. The molecule has 0 aromatic heterocycles. The van der Waals surface area contributed by atoms with Gasteiger partial charge in [0.05, 0.1) is 12.1 Å². The fourth-order valence-electron chi connectivity index (χ4n) is 1.60. The van der Waals surface area contributed by atoms with Gasteiger partial charge in [0.15, 0.2) is 0 Å². The maximum atomic E-state index is 11.7. The predicted molar refractivity (Wildman–Crippen MR) is 67.1 cm³/mol. The first-order valence-electron chi connectivity index (χ1n) is 5.72. The maximum absolute atomic E-state index is 11.7. The number of esters is 1. The fourth-order valence-corrected chi connectivity index (χ4v) is 1.60. The Balaban J connectivity index is 1.91. The van der Waals surface area contributed by atoms with Crippen molar-refractivity contribution in [3.63, 3.8) is 0 Å². The summed E-state index contributed by atoms with van der Waals surface area (Å²) in [6, 6.07) is 8.84. The van der Waals surface area contributed by atoms with E-state index in [9.17, 15) is 10.0 Å². The highest BCUT2D eigenvalue weighted by Crippen LogP contribution is 2.12. The molecule has 0 unspecified atom stereocenters. The van der Waals surface area contributed by atoms with Crippen LogP contribution < -0.4 is 0 Å². The highest BCUT2D eigenvalue weighted by molar-refractivity contribution is 5.89. The van der Waals surface area contributed by atoms with Crippen LogP contribution >= 0.6 is 0 Å². The first kappa shape index (κ1) is 12.4. The van der Waals surface area contributed by atoms with Gasteiger partial charge in [-0.1, -0.05) is 24.3 Å². The molecule has 1 aliphatic heterocycles. The lowest BCUT2D eigenvalue weighted by atomic mass is 10.2. The molecule has 2 rings (SSSR count). The molecule has 0 bridgehead atoms. The van der Waals surface area contributed by atoms with E-state index < -0.39 is 0 Å². The van der Waals surface area contributed by atoms with E-state index in [0.717, 1.165) is 16.3 Å². The molecule has 18 heavy (non-hydrogen) atoms. The van der Waals surface area contributed by atoms with E-state index in [4.69, 9.17) is 4.74 Å². The van der Waals surface area contributed by atoms with Crippen molar-refractivity contribution < 1.29 is 14.7 Å². The lowest BCUT2D eigenvalue weighted by Gasteiger charge is -2.22. The molecule has 0 amide bonds. The molecule has 1 aromatic rings. The Kier molecular flexibility index (Phi) is 3.79. The molecule has 0 aliphatic carbocycles. The van der Waals surface area contributed by atoms with Gasteiger partial charge >= 0.3 is 5.97 Å². The highest BCUT2D eigenvalue weighted by Gasteiger charge is 2.12. The lowest BCUT2D eigenvalue weighted by Crippen LogP contribution is -2.24. The fraction of sp³-hybridized carbons (Fsp3) is 0.214. The number of hydrogen-bond acceptors (Lipinski definition) is 4. The van der Waals surface area contributed by atoms with Crippen LogP contribution in [-0.4, -0.2) is 29.4 Å². The van der Waals surface area contributed by atoms with Gasteiger partial charge in [0.2, 0.25) is 0 Å². The van der Waals surface area contributed by atoms with Crippen LogP contribution in [0.4, 0.5) is 0 Å². The van der Waals surface area contributed by atoms with Crippen molar-refractivity contribution in [2.75, 3.05) is 13.2 Å². The quantitative estimate of drug-likeness (QED) is 0.831. The monoisotopic (exact) mass is 245 g/mol. The Bertz CT molecular complexity index is 491. The van der Waals surface area contributed by atoms with Crippen molar-refractivity contribution in [3.8, 4) is 0 Å². The van der Waals surface area contributed by atoms with Gasteiger partial charge in [-0.25, -0.2) is 4.79 Å². The average molecular weight is 245 g/mol. The van der Waals surface area contributed by atoms with Crippen molar-refractivity contribution in [1.82, 2.24) is 5.06 Å². The average Bonchev–Trinajstić information content (AvgIpc) is 2.41. The molecule has 4 nitrogen and oxygen atoms in total. The molecule has 1 aromatic carbocycles. The number of carbonyl (C=O) groups excluding carboxylic acids is 1. The Morgan fingerprint density at radius 1 is 1.33 bits per heavy atom. The summed E-state index contributed by atoms with van der Waals surface area (Å²) in [5, 5.41) is 10.6. The van der Waals surface area contributed by atoms with E-state index in [-0.39, 0.29) is 12.6 Å². The molecular formula is C14H15NO3. The number of hydrogen-bond donors (Lipinski definition) is 1. The van der Waals surface area contributed by atoms with Crippen LogP contribution in [0.25, 0.3) is 0 Å². The summed E-state index contributed by atoms with van der Waals surface area (Å²) < 4.78 is 5.18. The van der Waals surface area contributed by atoms with Crippen LogP contribution in [0.1, 0.15) is 17.3 Å². The van der Waals surface area contributed by atoms with Crippen LogP contribution in [0.15, 0.2) is 53.8 Å². The molecule has 1 aliphatic rings. The molecule has 0 spiro atoms. The minimum Gasteiger partial charge on any atom is -0.457 e. The number of benzene rings is 1. The topological polar surface area (TPSA) is 49.8 Å². The van der Waals surface area contributed by atoms with Gasteiger partial charge in [-0.2, -0.15) is 0 Å². The largest absolute Gasteiger partial charge is 0.457 e. The third-order valence-corrected chi connectivity index (χ3v) is 2.72. The Hall–Kier alpha value is -2.07. The van der Waals surface area contributed by atoms with Gasteiger partial charge in [0.1, 0.15) is 6.61 Å². The van der Waals surface area contributed by atoms with Crippen molar-refractivity contribution in [2.24, 2.45) is 0 Å². The van der Waals surface area contributed by atoms with Crippen LogP contribution in [0.5, 0.6) is 0 Å². The van der Waals surface area contributed by atoms with E-state index in [0.29, 0.717) is 12.1 Å². The smallest absolute Gasteiger partial charge is 0.338 e. The second kappa shape index (κ2) is 5.51. The number of nitrogens with zero attached hydrogens (tertiary/aromatic N) is 1. The number of hydroxylamine groups is 2.